The maximum absolute atomic E-state index is 12.3. The van der Waals surface area contributed by atoms with E-state index < -0.39 is 24.2 Å². The van der Waals surface area contributed by atoms with E-state index in [1.807, 2.05) is 0 Å². The van der Waals surface area contributed by atoms with Crippen molar-refractivity contribution in [1.29, 1.82) is 0 Å². The molecule has 1 aromatic rings. The van der Waals surface area contributed by atoms with Crippen molar-refractivity contribution in [2.75, 3.05) is 25.0 Å². The molecule has 1 heterocycles. The van der Waals surface area contributed by atoms with Crippen molar-refractivity contribution in [1.82, 2.24) is 10.2 Å². The second-order valence-electron chi connectivity index (χ2n) is 5.01. The van der Waals surface area contributed by atoms with Crippen LogP contribution < -0.4 is 15.4 Å². The molecular formula is C14H16F3N3O4. The number of ether oxygens (including phenoxy) is 1. The number of halogens is 3. The summed E-state index contributed by atoms with van der Waals surface area (Å²) in [6, 6.07) is 3.27. The minimum Gasteiger partial charge on any atom is -0.406 e. The molecule has 1 atom stereocenters. The topological polar surface area (TPSA) is 90.9 Å². The molecule has 1 aromatic carbocycles. The summed E-state index contributed by atoms with van der Waals surface area (Å²) >= 11 is 0. The predicted octanol–water partition coefficient (Wildman–Crippen LogP) is 1.30. The van der Waals surface area contributed by atoms with Crippen LogP contribution in [0.5, 0.6) is 5.75 Å². The van der Waals surface area contributed by atoms with Crippen molar-refractivity contribution < 1.29 is 32.6 Å². The normalized spacial score (nSPS) is 18.1. The van der Waals surface area contributed by atoms with Gasteiger partial charge in [0.2, 0.25) is 5.91 Å². The Morgan fingerprint density at radius 3 is 2.62 bits per heavy atom. The van der Waals surface area contributed by atoms with E-state index >= 15 is 0 Å². The fourth-order valence-corrected chi connectivity index (χ4v) is 2.30. The predicted molar refractivity (Wildman–Crippen MR) is 77.4 cm³/mol. The summed E-state index contributed by atoms with van der Waals surface area (Å²) in [6.45, 7) is 0.287. The lowest BCUT2D eigenvalue weighted by atomic mass is 10.1. The number of hydrogen-bond donors (Lipinski definition) is 3. The molecule has 132 valence electrons. The molecule has 3 N–H and O–H groups in total. The number of urea groups is 1. The Bertz CT molecular complexity index is 592. The van der Waals surface area contributed by atoms with E-state index in [0.717, 1.165) is 12.1 Å². The van der Waals surface area contributed by atoms with E-state index in [0.29, 0.717) is 0 Å². The minimum atomic E-state index is -4.79. The highest BCUT2D eigenvalue weighted by atomic mass is 19.4. The highest BCUT2D eigenvalue weighted by Crippen LogP contribution is 2.24. The van der Waals surface area contributed by atoms with Crippen LogP contribution in [0.3, 0.4) is 0 Å². The van der Waals surface area contributed by atoms with Crippen LogP contribution in [0.1, 0.15) is 6.42 Å². The molecule has 10 heteroatoms. The van der Waals surface area contributed by atoms with Crippen molar-refractivity contribution in [3.05, 3.63) is 24.3 Å². The molecule has 1 aliphatic heterocycles. The summed E-state index contributed by atoms with van der Waals surface area (Å²) in [7, 11) is 0. The zero-order chi connectivity index (χ0) is 17.7. The number of carbonyl (C=O) groups excluding carboxylic acids is 2. The summed E-state index contributed by atoms with van der Waals surface area (Å²) in [4.78, 5) is 25.3. The Morgan fingerprint density at radius 1 is 1.38 bits per heavy atom. The maximum Gasteiger partial charge on any atom is 0.573 e. The van der Waals surface area contributed by atoms with Gasteiger partial charge in [-0.3, -0.25) is 4.79 Å². The third-order valence-electron chi connectivity index (χ3n) is 3.33. The van der Waals surface area contributed by atoms with E-state index in [9.17, 15) is 22.8 Å². The Morgan fingerprint density at radius 2 is 2.04 bits per heavy atom. The number of anilines is 1. The fraction of sp³-hybridized carbons (Fsp3) is 0.429. The van der Waals surface area contributed by atoms with Crippen molar-refractivity contribution >= 4 is 17.6 Å². The smallest absolute Gasteiger partial charge is 0.406 e. The number of amides is 3. The van der Waals surface area contributed by atoms with E-state index in [1.54, 1.807) is 0 Å². The monoisotopic (exact) mass is 347 g/mol. The third kappa shape index (κ3) is 4.75. The van der Waals surface area contributed by atoms with Gasteiger partial charge in [-0.1, -0.05) is 0 Å². The molecule has 0 aromatic heterocycles. The molecule has 2 rings (SSSR count). The molecule has 0 radical (unpaired) electrons. The Labute approximate surface area is 135 Å². The molecule has 1 unspecified atom stereocenters. The largest absolute Gasteiger partial charge is 0.573 e. The number of aliphatic hydroxyl groups is 1. The summed E-state index contributed by atoms with van der Waals surface area (Å²) in [5.41, 5.74) is 0.253. The van der Waals surface area contributed by atoms with Crippen LogP contribution >= 0.6 is 0 Å². The van der Waals surface area contributed by atoms with Crippen LogP contribution in [0, 0.1) is 0 Å². The number of carbonyl (C=O) groups is 2. The van der Waals surface area contributed by atoms with Crippen LogP contribution in [0.2, 0.25) is 0 Å². The Kier molecular flexibility index (Phi) is 5.50. The Balaban J connectivity index is 2.01. The molecule has 7 nitrogen and oxygen atoms in total. The van der Waals surface area contributed by atoms with Gasteiger partial charge in [-0.15, -0.1) is 13.2 Å². The zero-order valence-corrected chi connectivity index (χ0v) is 12.5. The lowest BCUT2D eigenvalue weighted by Gasteiger charge is -2.34. The number of nitrogens with one attached hydrogen (secondary N) is 2. The summed E-state index contributed by atoms with van der Waals surface area (Å²) in [5.74, 6) is -0.768. The van der Waals surface area contributed by atoms with Gasteiger partial charge in [-0.2, -0.15) is 0 Å². The molecule has 1 aliphatic rings. The van der Waals surface area contributed by atoms with Crippen LogP contribution in [-0.2, 0) is 4.79 Å². The average molecular weight is 347 g/mol. The molecule has 24 heavy (non-hydrogen) atoms. The zero-order valence-electron chi connectivity index (χ0n) is 12.5. The van der Waals surface area contributed by atoms with Crippen molar-refractivity contribution in [3.8, 4) is 5.75 Å². The summed E-state index contributed by atoms with van der Waals surface area (Å²) < 4.78 is 40.0. The average Bonchev–Trinajstić information content (AvgIpc) is 2.50. The Hall–Kier alpha value is -2.49. The third-order valence-corrected chi connectivity index (χ3v) is 3.33. The number of nitrogens with zero attached hydrogens (tertiary/aromatic N) is 1. The van der Waals surface area contributed by atoms with Crippen LogP contribution in [-0.4, -0.2) is 54.0 Å². The molecular weight excluding hydrogens is 331 g/mol. The van der Waals surface area contributed by atoms with Gasteiger partial charge in [-0.25, -0.2) is 4.79 Å². The van der Waals surface area contributed by atoms with E-state index in [-0.39, 0.29) is 37.7 Å². The SMILES string of the molecule is O=C1NCCN(C(=O)Nc2ccc(OC(F)(F)F)cc2)C1CCO. The lowest BCUT2D eigenvalue weighted by molar-refractivity contribution is -0.274. The first kappa shape index (κ1) is 17.9. The van der Waals surface area contributed by atoms with E-state index in [2.05, 4.69) is 15.4 Å². The number of alkyl halides is 3. The highest BCUT2D eigenvalue weighted by Gasteiger charge is 2.33. The fourth-order valence-electron chi connectivity index (χ4n) is 2.30. The lowest BCUT2D eigenvalue weighted by Crippen LogP contribution is -2.58. The van der Waals surface area contributed by atoms with Gasteiger partial charge in [0.1, 0.15) is 11.8 Å². The first-order chi connectivity index (χ1) is 11.3. The van der Waals surface area contributed by atoms with Crippen LogP contribution in [0.15, 0.2) is 24.3 Å². The molecule has 0 aliphatic carbocycles. The van der Waals surface area contributed by atoms with Gasteiger partial charge in [0, 0.05) is 25.4 Å². The molecule has 1 saturated heterocycles. The van der Waals surface area contributed by atoms with Gasteiger partial charge in [0.15, 0.2) is 0 Å². The molecule has 0 spiro atoms. The van der Waals surface area contributed by atoms with Crippen LogP contribution in [0.4, 0.5) is 23.7 Å². The minimum absolute atomic E-state index is 0.0949. The van der Waals surface area contributed by atoms with E-state index in [4.69, 9.17) is 5.11 Å². The van der Waals surface area contributed by atoms with Crippen molar-refractivity contribution in [2.45, 2.75) is 18.8 Å². The number of rotatable bonds is 4. The van der Waals surface area contributed by atoms with Gasteiger partial charge >= 0.3 is 12.4 Å². The van der Waals surface area contributed by atoms with Crippen molar-refractivity contribution in [3.63, 3.8) is 0 Å². The number of aliphatic hydroxyl groups excluding tert-OH is 1. The standard InChI is InChI=1S/C14H16F3N3O4/c15-14(16,17)24-10-3-1-9(2-4-10)19-13(23)20-7-6-18-12(22)11(20)5-8-21/h1-4,11,21H,5-8H2,(H,18,22)(H,19,23). The number of benzene rings is 1. The first-order valence-corrected chi connectivity index (χ1v) is 7.12. The van der Waals surface area contributed by atoms with Gasteiger partial charge in [0.05, 0.1) is 0 Å². The molecule has 3 amide bonds. The quantitative estimate of drug-likeness (QED) is 0.766. The van der Waals surface area contributed by atoms with E-state index in [1.165, 1.54) is 17.0 Å². The van der Waals surface area contributed by atoms with Gasteiger partial charge in [0.25, 0.3) is 0 Å². The number of hydrogen-bond acceptors (Lipinski definition) is 4. The molecule has 0 saturated carbocycles. The van der Waals surface area contributed by atoms with Crippen molar-refractivity contribution in [2.24, 2.45) is 0 Å². The second kappa shape index (κ2) is 7.39. The molecule has 1 fully saturated rings. The highest BCUT2D eigenvalue weighted by molar-refractivity contribution is 5.94. The second-order valence-corrected chi connectivity index (χ2v) is 5.01. The summed E-state index contributed by atoms with van der Waals surface area (Å²) in [6.07, 6.45) is -4.69. The van der Waals surface area contributed by atoms with Gasteiger partial charge < -0.3 is 25.4 Å². The maximum atomic E-state index is 12.3. The summed E-state index contributed by atoms with van der Waals surface area (Å²) in [5, 5.41) is 14.1. The van der Waals surface area contributed by atoms with Crippen LogP contribution in [0.25, 0.3) is 0 Å². The molecule has 0 bridgehead atoms. The number of piperazine rings is 1. The van der Waals surface area contributed by atoms with Gasteiger partial charge in [-0.05, 0) is 30.7 Å². The first-order valence-electron chi connectivity index (χ1n) is 7.12.